The van der Waals surface area contributed by atoms with E-state index in [9.17, 15) is 36.4 Å². The largest absolute Gasteiger partial charge is 0.497 e. The topological polar surface area (TPSA) is 195 Å². The molecule has 4 amide bonds. The van der Waals surface area contributed by atoms with Gasteiger partial charge in [-0.1, -0.05) is 40.5 Å². The maximum Gasteiger partial charge on any atom is 0.408 e. The zero-order valence-corrected chi connectivity index (χ0v) is 36.5. The van der Waals surface area contributed by atoms with Crippen LogP contribution in [0.3, 0.4) is 0 Å². The third-order valence-corrected chi connectivity index (χ3v) is 16.5. The molecule has 15 nitrogen and oxygen atoms in total. The number of alkyl halides is 2. The SMILES string of the molecule is COc1ccc2nc3c(nc2c1)O[C@H]1CN(C(=O)[C@H](C(C)(C)C)NC(=O)O[C@@H]2C[C@@H]4C[C@@H]4[C@H]2CCCCC3)[C@H](C(=O)N[C@]2(C(=O)NS(=O)(=O)C3(C)CC3)C[C@H]2CC(F)F)[C@@H]1C.[HH].[HH].[HH]. The molecule has 2 aromatic rings. The van der Waals surface area contributed by atoms with E-state index in [0.717, 1.165) is 38.5 Å². The average molecular weight is 879 g/mol. The van der Waals surface area contributed by atoms with E-state index in [1.807, 2.05) is 6.07 Å². The molecule has 3 heterocycles. The molecule has 8 rings (SSSR count). The Kier molecular flexibility index (Phi) is 11.2. The summed E-state index contributed by atoms with van der Waals surface area (Å²) < 4.78 is 73.1. The summed E-state index contributed by atoms with van der Waals surface area (Å²) in [7, 11) is -2.64. The van der Waals surface area contributed by atoms with E-state index in [-0.39, 0.29) is 35.1 Å². The average Bonchev–Trinajstić information content (AvgIpc) is 4.14. The molecule has 0 unspecified atom stereocenters. The van der Waals surface area contributed by atoms with Crippen LogP contribution in [0.25, 0.3) is 11.0 Å². The van der Waals surface area contributed by atoms with E-state index in [2.05, 4.69) is 15.4 Å². The highest BCUT2D eigenvalue weighted by molar-refractivity contribution is 7.91. The molecule has 1 saturated heterocycles. The number of fused-ring (bicyclic) bond motifs is 7. The van der Waals surface area contributed by atoms with Gasteiger partial charge in [-0.25, -0.2) is 32.0 Å². The Morgan fingerprint density at radius 2 is 1.82 bits per heavy atom. The number of halogens is 2. The van der Waals surface area contributed by atoms with Gasteiger partial charge in [0, 0.05) is 22.7 Å². The number of benzene rings is 1. The molecule has 340 valence electrons. The van der Waals surface area contributed by atoms with Crippen molar-refractivity contribution in [2.45, 2.75) is 146 Å². The second-order valence-electron chi connectivity index (χ2n) is 19.7. The number of hydrogen-bond donors (Lipinski definition) is 3. The maximum atomic E-state index is 15.0. The van der Waals surface area contributed by atoms with Crippen molar-refractivity contribution < 1.29 is 54.9 Å². The molecule has 1 aromatic carbocycles. The molecule has 2 bridgehead atoms. The van der Waals surface area contributed by atoms with Crippen molar-refractivity contribution >= 4 is 44.9 Å². The number of alkyl carbamates (subject to hydrolysis) is 1. The van der Waals surface area contributed by atoms with Crippen LogP contribution >= 0.6 is 0 Å². The first-order valence-electron chi connectivity index (χ1n) is 21.7. The molecule has 0 spiro atoms. The van der Waals surface area contributed by atoms with Crippen LogP contribution in [0.1, 0.15) is 109 Å². The summed E-state index contributed by atoms with van der Waals surface area (Å²) in [5.74, 6) is -2.40. The first-order chi connectivity index (χ1) is 28.7. The van der Waals surface area contributed by atoms with Crippen LogP contribution < -0.4 is 24.8 Å². The van der Waals surface area contributed by atoms with E-state index in [0.29, 0.717) is 53.6 Å². The molecule has 3 N–H and O–H groups in total. The number of methoxy groups -OCH3 is 1. The van der Waals surface area contributed by atoms with Gasteiger partial charge in [-0.15, -0.1) is 0 Å². The van der Waals surface area contributed by atoms with Gasteiger partial charge >= 0.3 is 6.09 Å². The summed E-state index contributed by atoms with van der Waals surface area (Å²) in [4.78, 5) is 68.4. The van der Waals surface area contributed by atoms with Gasteiger partial charge in [0.1, 0.15) is 41.3 Å². The minimum absolute atomic E-state index is 0. The van der Waals surface area contributed by atoms with Crippen LogP contribution in [-0.4, -0.2) is 102 Å². The Morgan fingerprint density at radius 3 is 2.51 bits per heavy atom. The molecular formula is C43H64F2N6O9S. The minimum Gasteiger partial charge on any atom is -0.497 e. The Morgan fingerprint density at radius 1 is 1.07 bits per heavy atom. The fourth-order valence-corrected chi connectivity index (χ4v) is 11.3. The standard InChI is InChI=1S/C43H58F2N6O9S.3H2/c1-22-32-21-51(34(22)36(52)49-43(20-24(43)18-33(44)45)39(54)50-61(56,57)42(5)14-15-42)38(53)35(41(2,3)4)48-40(55)60-31-17-23-16-27(23)26(31)10-8-7-9-11-29-37(59-32)47-30-19-25(58-6)12-13-28(30)46-29;;;/h12-13,19,22-24,26-27,31-35H,7-11,14-18,20-21H2,1-6H3,(H,48,55)(H,49,52)(H,50,54);3*1H/t22-,23+,24-,26-,27+,31-,32+,34+,35-,43-;;;/m1.../s1. The summed E-state index contributed by atoms with van der Waals surface area (Å²) in [6.45, 7) is 8.38. The van der Waals surface area contributed by atoms with Gasteiger partial charge in [-0.05, 0) is 99.5 Å². The Hall–Kier alpha value is -4.35. The maximum absolute atomic E-state index is 15.0. The lowest BCUT2D eigenvalue weighted by Crippen LogP contribution is -2.61. The number of rotatable bonds is 8. The van der Waals surface area contributed by atoms with Gasteiger partial charge in [0.25, 0.3) is 5.91 Å². The van der Waals surface area contributed by atoms with Crippen LogP contribution in [0.4, 0.5) is 13.6 Å². The molecular weight excluding hydrogens is 815 g/mol. The zero-order valence-electron chi connectivity index (χ0n) is 35.7. The predicted molar refractivity (Wildman–Crippen MR) is 224 cm³/mol. The molecule has 10 atom stereocenters. The number of aryl methyl sites for hydroxylation is 1. The molecule has 0 radical (unpaired) electrons. The highest BCUT2D eigenvalue weighted by atomic mass is 32.2. The lowest BCUT2D eigenvalue weighted by molar-refractivity contribution is -0.143. The summed E-state index contributed by atoms with van der Waals surface area (Å²) in [5, 5.41) is 5.51. The van der Waals surface area contributed by atoms with Gasteiger partial charge in [0.15, 0.2) is 0 Å². The second-order valence-corrected chi connectivity index (χ2v) is 21.9. The number of carbonyl (C=O) groups excluding carboxylic acids is 4. The van der Waals surface area contributed by atoms with Gasteiger partial charge in [-0.2, -0.15) is 0 Å². The monoisotopic (exact) mass is 878 g/mol. The second kappa shape index (κ2) is 15.8. The summed E-state index contributed by atoms with van der Waals surface area (Å²) in [6, 6.07) is 2.82. The first kappa shape index (κ1) is 43.3. The van der Waals surface area contributed by atoms with Crippen molar-refractivity contribution in [1.82, 2.24) is 30.2 Å². The highest BCUT2D eigenvalue weighted by Crippen LogP contribution is 2.58. The van der Waals surface area contributed by atoms with Gasteiger partial charge < -0.3 is 29.7 Å². The van der Waals surface area contributed by atoms with E-state index < -0.39 is 92.4 Å². The number of carbonyl (C=O) groups is 4. The zero-order chi connectivity index (χ0) is 43.8. The van der Waals surface area contributed by atoms with Gasteiger partial charge in [-0.3, -0.25) is 19.1 Å². The van der Waals surface area contributed by atoms with Gasteiger partial charge in [0.05, 0.1) is 29.4 Å². The highest BCUT2D eigenvalue weighted by Gasteiger charge is 2.65. The molecule has 1 aromatic heterocycles. The number of aromatic nitrogens is 2. The molecule has 4 aliphatic carbocycles. The fraction of sp³-hybridized carbons (Fsp3) is 0.721. The molecule has 18 heteroatoms. The van der Waals surface area contributed by atoms with Crippen LogP contribution in [0.15, 0.2) is 18.2 Å². The van der Waals surface area contributed by atoms with Crippen molar-refractivity contribution in [1.29, 1.82) is 0 Å². The number of nitrogens with one attached hydrogen (secondary N) is 3. The molecule has 61 heavy (non-hydrogen) atoms. The Bertz CT molecular complexity index is 2220. The molecule has 5 fully saturated rings. The van der Waals surface area contributed by atoms with Crippen molar-refractivity contribution in [3.05, 3.63) is 23.9 Å². The first-order valence-corrected chi connectivity index (χ1v) is 23.2. The van der Waals surface area contributed by atoms with Crippen LogP contribution in [0.5, 0.6) is 11.6 Å². The quantitative estimate of drug-likeness (QED) is 0.291. The summed E-state index contributed by atoms with van der Waals surface area (Å²) in [5.41, 5.74) is -1.10. The summed E-state index contributed by atoms with van der Waals surface area (Å²) >= 11 is 0. The van der Waals surface area contributed by atoms with E-state index in [4.69, 9.17) is 24.2 Å². The third kappa shape index (κ3) is 8.45. The fourth-order valence-electron chi connectivity index (χ4n) is 9.99. The minimum atomic E-state index is -4.19. The van der Waals surface area contributed by atoms with Gasteiger partial charge in [0.2, 0.25) is 34.1 Å². The summed E-state index contributed by atoms with van der Waals surface area (Å²) in [6.07, 6.45) is 0.878. The third-order valence-electron chi connectivity index (χ3n) is 14.3. The van der Waals surface area contributed by atoms with Crippen molar-refractivity contribution in [2.75, 3.05) is 13.7 Å². The van der Waals surface area contributed by atoms with E-state index >= 15 is 0 Å². The van der Waals surface area contributed by atoms with Crippen LogP contribution in [-0.2, 0) is 35.6 Å². The molecule has 6 aliphatic rings. The van der Waals surface area contributed by atoms with Crippen LogP contribution in [0.2, 0.25) is 0 Å². The van der Waals surface area contributed by atoms with E-state index in [1.165, 1.54) is 11.8 Å². The number of sulfonamides is 1. The Labute approximate surface area is 359 Å². The normalized spacial score (nSPS) is 33.5. The van der Waals surface area contributed by atoms with E-state index in [1.54, 1.807) is 46.9 Å². The number of nitrogens with zero attached hydrogens (tertiary/aromatic N) is 3. The number of ether oxygens (including phenoxy) is 3. The number of hydrogen-bond acceptors (Lipinski definition) is 11. The smallest absolute Gasteiger partial charge is 0.408 e. The molecule has 2 aliphatic heterocycles. The molecule has 4 saturated carbocycles. The lowest BCUT2D eigenvalue weighted by atomic mass is 9.85. The number of amides is 4. The van der Waals surface area contributed by atoms with Crippen molar-refractivity contribution in [3.63, 3.8) is 0 Å². The van der Waals surface area contributed by atoms with Crippen molar-refractivity contribution in [2.24, 2.45) is 35.0 Å². The van der Waals surface area contributed by atoms with Crippen molar-refractivity contribution in [3.8, 4) is 11.6 Å². The predicted octanol–water partition coefficient (Wildman–Crippen LogP) is 5.78. The van der Waals surface area contributed by atoms with Crippen LogP contribution in [0, 0.1) is 35.0 Å². The lowest BCUT2D eigenvalue weighted by Gasteiger charge is -2.36. The Balaban J connectivity index is 0.00000257.